The molecular formula is C15H22N2O4. The largest absolute Gasteiger partial charge is 0.508 e. The normalized spacial score (nSPS) is 12.6. The third kappa shape index (κ3) is 6.27. The number of hydrogen-bond acceptors (Lipinski definition) is 5. The van der Waals surface area contributed by atoms with E-state index in [1.807, 2.05) is 0 Å². The summed E-state index contributed by atoms with van der Waals surface area (Å²) >= 11 is 0. The van der Waals surface area contributed by atoms with Gasteiger partial charge >= 0.3 is 5.97 Å². The summed E-state index contributed by atoms with van der Waals surface area (Å²) in [7, 11) is 0. The van der Waals surface area contributed by atoms with Crippen molar-refractivity contribution in [3.05, 3.63) is 29.8 Å². The number of rotatable bonds is 5. The van der Waals surface area contributed by atoms with Gasteiger partial charge in [0, 0.05) is 6.42 Å². The van der Waals surface area contributed by atoms with Gasteiger partial charge in [-0.3, -0.25) is 4.79 Å². The molecule has 0 aliphatic heterocycles. The first-order valence-corrected chi connectivity index (χ1v) is 6.71. The minimum absolute atomic E-state index is 0.138. The zero-order valence-corrected chi connectivity index (χ0v) is 12.6. The lowest BCUT2D eigenvalue weighted by Gasteiger charge is -2.24. The maximum Gasteiger partial charge on any atom is 0.329 e. The Morgan fingerprint density at radius 2 is 1.86 bits per heavy atom. The molecule has 0 bridgehead atoms. The molecule has 6 nitrogen and oxygen atoms in total. The van der Waals surface area contributed by atoms with Crippen molar-refractivity contribution in [3.63, 3.8) is 0 Å². The van der Waals surface area contributed by atoms with Crippen LogP contribution in [-0.2, 0) is 20.7 Å². The van der Waals surface area contributed by atoms with Gasteiger partial charge in [-0.05, 0) is 38.5 Å². The van der Waals surface area contributed by atoms with E-state index >= 15 is 0 Å². The summed E-state index contributed by atoms with van der Waals surface area (Å²) in [6.07, 6.45) is 0.265. The Bertz CT molecular complexity index is 491. The summed E-state index contributed by atoms with van der Waals surface area (Å²) < 4.78 is 5.30. The topological polar surface area (TPSA) is 102 Å². The molecule has 0 aromatic heterocycles. The molecule has 0 heterocycles. The number of nitrogens with two attached hydrogens (primary N) is 1. The molecule has 0 aliphatic carbocycles. The summed E-state index contributed by atoms with van der Waals surface area (Å²) in [6.45, 7) is 5.07. The molecule has 0 spiro atoms. The van der Waals surface area contributed by atoms with Crippen molar-refractivity contribution in [2.75, 3.05) is 6.54 Å². The van der Waals surface area contributed by atoms with Gasteiger partial charge in [-0.1, -0.05) is 12.1 Å². The van der Waals surface area contributed by atoms with Gasteiger partial charge in [0.05, 0.1) is 6.54 Å². The SMILES string of the molecule is CC(C)(C)OC(=O)[C@H](Cc1ccc(O)cc1)NC(=O)CN. The fourth-order valence-electron chi connectivity index (χ4n) is 1.69. The highest BCUT2D eigenvalue weighted by atomic mass is 16.6. The van der Waals surface area contributed by atoms with E-state index in [-0.39, 0.29) is 18.7 Å². The van der Waals surface area contributed by atoms with Crippen LogP contribution >= 0.6 is 0 Å². The molecule has 4 N–H and O–H groups in total. The molecule has 0 saturated heterocycles. The predicted octanol–water partition coefficient (Wildman–Crippen LogP) is 0.720. The third-order valence-corrected chi connectivity index (χ3v) is 2.59. The summed E-state index contributed by atoms with van der Waals surface area (Å²) in [6, 6.07) is 5.59. The van der Waals surface area contributed by atoms with Crippen molar-refractivity contribution < 1.29 is 19.4 Å². The van der Waals surface area contributed by atoms with Crippen molar-refractivity contribution in [3.8, 4) is 5.75 Å². The van der Waals surface area contributed by atoms with E-state index in [0.29, 0.717) is 0 Å². The average molecular weight is 294 g/mol. The molecule has 1 aromatic carbocycles. The highest BCUT2D eigenvalue weighted by Crippen LogP contribution is 2.14. The molecule has 0 aliphatic rings. The van der Waals surface area contributed by atoms with E-state index < -0.39 is 23.5 Å². The molecule has 1 amide bonds. The Balaban J connectivity index is 2.83. The van der Waals surface area contributed by atoms with Gasteiger partial charge in [-0.15, -0.1) is 0 Å². The number of aromatic hydroxyl groups is 1. The van der Waals surface area contributed by atoms with Crippen molar-refractivity contribution in [2.24, 2.45) is 5.73 Å². The Hall–Kier alpha value is -2.08. The van der Waals surface area contributed by atoms with Crippen LogP contribution in [0.3, 0.4) is 0 Å². The van der Waals surface area contributed by atoms with Gasteiger partial charge < -0.3 is 20.9 Å². The monoisotopic (exact) mass is 294 g/mol. The van der Waals surface area contributed by atoms with E-state index in [9.17, 15) is 14.7 Å². The lowest BCUT2D eigenvalue weighted by atomic mass is 10.1. The van der Waals surface area contributed by atoms with Crippen molar-refractivity contribution >= 4 is 11.9 Å². The van der Waals surface area contributed by atoms with Gasteiger partial charge in [0.2, 0.25) is 5.91 Å². The van der Waals surface area contributed by atoms with E-state index in [2.05, 4.69) is 5.32 Å². The van der Waals surface area contributed by atoms with E-state index in [1.165, 1.54) is 12.1 Å². The summed E-state index contributed by atoms with van der Waals surface area (Å²) in [5.41, 5.74) is 5.42. The number of amides is 1. The zero-order valence-electron chi connectivity index (χ0n) is 12.6. The van der Waals surface area contributed by atoms with Gasteiger partial charge in [0.25, 0.3) is 0 Å². The molecule has 0 saturated carbocycles. The fraction of sp³-hybridized carbons (Fsp3) is 0.467. The minimum atomic E-state index is -0.815. The number of carbonyl (C=O) groups excluding carboxylic acids is 2. The highest BCUT2D eigenvalue weighted by molar-refractivity contribution is 5.85. The molecule has 1 rings (SSSR count). The van der Waals surface area contributed by atoms with E-state index in [0.717, 1.165) is 5.56 Å². The number of phenols is 1. The van der Waals surface area contributed by atoms with Gasteiger partial charge in [-0.2, -0.15) is 0 Å². The number of carbonyl (C=O) groups is 2. The molecular weight excluding hydrogens is 272 g/mol. The molecule has 6 heteroatoms. The Labute approximate surface area is 124 Å². The van der Waals surface area contributed by atoms with Gasteiger partial charge in [0.1, 0.15) is 17.4 Å². The highest BCUT2D eigenvalue weighted by Gasteiger charge is 2.26. The number of phenolic OH excluding ortho intramolecular Hbond substituents is 1. The smallest absolute Gasteiger partial charge is 0.329 e. The molecule has 116 valence electrons. The second kappa shape index (κ2) is 7.08. The quantitative estimate of drug-likeness (QED) is 0.695. The molecule has 1 aromatic rings. The molecule has 0 radical (unpaired) electrons. The Morgan fingerprint density at radius 1 is 1.29 bits per heavy atom. The van der Waals surface area contributed by atoms with Crippen molar-refractivity contribution in [1.29, 1.82) is 0 Å². The molecule has 0 unspecified atom stereocenters. The van der Waals surface area contributed by atoms with Crippen molar-refractivity contribution in [2.45, 2.75) is 38.8 Å². The van der Waals surface area contributed by atoms with Crippen LogP contribution in [0.15, 0.2) is 24.3 Å². The Morgan fingerprint density at radius 3 is 2.33 bits per heavy atom. The van der Waals surface area contributed by atoms with Crippen LogP contribution in [0, 0.1) is 0 Å². The van der Waals surface area contributed by atoms with Crippen LogP contribution in [0.1, 0.15) is 26.3 Å². The summed E-state index contributed by atoms with van der Waals surface area (Å²) in [5, 5.41) is 11.8. The number of esters is 1. The number of hydrogen-bond donors (Lipinski definition) is 3. The van der Waals surface area contributed by atoms with Crippen LogP contribution < -0.4 is 11.1 Å². The molecule has 21 heavy (non-hydrogen) atoms. The third-order valence-electron chi connectivity index (χ3n) is 2.59. The zero-order chi connectivity index (χ0) is 16.0. The van der Waals surface area contributed by atoms with Crippen LogP contribution in [0.5, 0.6) is 5.75 Å². The van der Waals surface area contributed by atoms with Gasteiger partial charge in [-0.25, -0.2) is 4.79 Å². The van der Waals surface area contributed by atoms with Crippen LogP contribution in [-0.4, -0.2) is 35.2 Å². The standard InChI is InChI=1S/C15H22N2O4/c1-15(2,3)21-14(20)12(17-13(19)9-16)8-10-4-6-11(18)7-5-10/h4-7,12,18H,8-9,16H2,1-3H3,(H,17,19)/t12-/m0/s1. The first-order chi connectivity index (χ1) is 9.71. The molecule has 1 atom stereocenters. The second-order valence-electron chi connectivity index (χ2n) is 5.73. The molecule has 0 fully saturated rings. The lowest BCUT2D eigenvalue weighted by molar-refractivity contribution is -0.158. The number of ether oxygens (including phenoxy) is 1. The van der Waals surface area contributed by atoms with Crippen LogP contribution in [0.25, 0.3) is 0 Å². The predicted molar refractivity (Wildman–Crippen MR) is 78.6 cm³/mol. The maximum atomic E-state index is 12.2. The average Bonchev–Trinajstić information content (AvgIpc) is 2.38. The first-order valence-electron chi connectivity index (χ1n) is 6.71. The summed E-state index contributed by atoms with van der Waals surface area (Å²) in [4.78, 5) is 23.6. The van der Waals surface area contributed by atoms with Crippen LogP contribution in [0.4, 0.5) is 0 Å². The van der Waals surface area contributed by atoms with E-state index in [1.54, 1.807) is 32.9 Å². The first kappa shape index (κ1) is 17.0. The number of benzene rings is 1. The van der Waals surface area contributed by atoms with Crippen LogP contribution in [0.2, 0.25) is 0 Å². The minimum Gasteiger partial charge on any atom is -0.508 e. The van der Waals surface area contributed by atoms with Gasteiger partial charge in [0.15, 0.2) is 0 Å². The summed E-state index contributed by atoms with van der Waals surface area (Å²) in [5.74, 6) is -0.805. The Kier molecular flexibility index (Phi) is 5.72. The van der Waals surface area contributed by atoms with Crippen molar-refractivity contribution in [1.82, 2.24) is 5.32 Å². The maximum absolute atomic E-state index is 12.2. The lowest BCUT2D eigenvalue weighted by Crippen LogP contribution is -2.47. The van der Waals surface area contributed by atoms with E-state index in [4.69, 9.17) is 10.5 Å². The number of nitrogens with one attached hydrogen (secondary N) is 1. The second-order valence-corrected chi connectivity index (χ2v) is 5.73. The fourth-order valence-corrected chi connectivity index (χ4v) is 1.69.